The molecule has 1 saturated heterocycles. The van der Waals surface area contributed by atoms with Crippen molar-refractivity contribution in [2.45, 2.75) is 45.8 Å². The Kier molecular flexibility index (Phi) is 7.02. The molecule has 0 aliphatic carbocycles. The lowest BCUT2D eigenvalue weighted by atomic mass is 10.0. The predicted molar refractivity (Wildman–Crippen MR) is 132 cm³/mol. The number of hydrogen-bond acceptors (Lipinski definition) is 2. The number of rotatable bonds is 4. The fourth-order valence-corrected chi connectivity index (χ4v) is 4.61. The molecule has 0 N–H and O–H groups in total. The van der Waals surface area contributed by atoms with Crippen LogP contribution in [-0.4, -0.2) is 28.5 Å². The van der Waals surface area contributed by atoms with E-state index in [-0.39, 0.29) is 18.1 Å². The van der Waals surface area contributed by atoms with Crippen LogP contribution in [0.3, 0.4) is 0 Å². The summed E-state index contributed by atoms with van der Waals surface area (Å²) in [6.07, 6.45) is -1.88. The quantitative estimate of drug-likeness (QED) is 0.396. The van der Waals surface area contributed by atoms with Crippen molar-refractivity contribution in [3.8, 4) is 11.3 Å². The third-order valence-electron chi connectivity index (χ3n) is 6.59. The number of hydrogen-bond donors (Lipinski definition) is 0. The summed E-state index contributed by atoms with van der Waals surface area (Å²) in [5.74, 6) is -0.117. The van der Waals surface area contributed by atoms with Gasteiger partial charge in [-0.1, -0.05) is 35.9 Å². The van der Waals surface area contributed by atoms with Crippen LogP contribution in [0.25, 0.3) is 16.1 Å². The Hall–Kier alpha value is -3.86. The highest BCUT2D eigenvalue weighted by molar-refractivity contribution is 5.94. The van der Waals surface area contributed by atoms with Crippen molar-refractivity contribution in [2.75, 3.05) is 13.1 Å². The average Bonchev–Trinajstić information content (AvgIpc) is 2.86. The van der Waals surface area contributed by atoms with Gasteiger partial charge < -0.3 is 9.47 Å². The van der Waals surface area contributed by atoms with E-state index in [1.165, 1.54) is 4.57 Å². The Morgan fingerprint density at radius 3 is 2.25 bits per heavy atom. The number of alkyl halides is 3. The van der Waals surface area contributed by atoms with E-state index in [1.54, 1.807) is 29.2 Å². The summed E-state index contributed by atoms with van der Waals surface area (Å²) in [7, 11) is 0. The molecule has 8 heteroatoms. The molecule has 0 unspecified atom stereocenters. The number of likely N-dealkylation sites (tertiary alicyclic amines) is 1. The molecular formula is C28H26F3N3O2. The Balaban J connectivity index is 1.83. The van der Waals surface area contributed by atoms with Gasteiger partial charge in [-0.15, -0.1) is 0 Å². The minimum absolute atomic E-state index is 0.00932. The van der Waals surface area contributed by atoms with Crippen LogP contribution in [0.2, 0.25) is 0 Å². The van der Waals surface area contributed by atoms with E-state index in [0.717, 1.165) is 42.0 Å². The fourth-order valence-electron chi connectivity index (χ4n) is 4.61. The number of carbonyl (C=O) groups is 1. The molecule has 36 heavy (non-hydrogen) atoms. The molecular weight excluding hydrogens is 467 g/mol. The van der Waals surface area contributed by atoms with Crippen molar-refractivity contribution in [2.24, 2.45) is 0 Å². The first kappa shape index (κ1) is 25.2. The van der Waals surface area contributed by atoms with Crippen molar-refractivity contribution in [1.82, 2.24) is 9.47 Å². The zero-order valence-electron chi connectivity index (χ0n) is 20.2. The molecule has 1 fully saturated rings. The molecule has 1 amide bonds. The largest absolute Gasteiger partial charge is 0.407 e. The summed E-state index contributed by atoms with van der Waals surface area (Å²) >= 11 is 0. The van der Waals surface area contributed by atoms with Gasteiger partial charge in [0.05, 0.1) is 18.7 Å². The normalized spacial score (nSPS) is 13.9. The number of halogens is 3. The number of nitrogens with zero attached hydrogens (tertiary/aromatic N) is 3. The van der Waals surface area contributed by atoms with Crippen LogP contribution in [0.1, 0.15) is 51.9 Å². The maximum Gasteiger partial charge on any atom is 0.407 e. The summed E-state index contributed by atoms with van der Waals surface area (Å²) in [6.45, 7) is 12.4. The van der Waals surface area contributed by atoms with Gasteiger partial charge in [0.25, 0.3) is 17.2 Å². The lowest BCUT2D eigenvalue weighted by molar-refractivity contribution is -0.136. The minimum Gasteiger partial charge on any atom is -0.339 e. The smallest absolute Gasteiger partial charge is 0.339 e. The molecule has 1 aromatic heterocycles. The SMILES string of the molecule is [C-]#[N+]c1c(C(F)(F)F)cc(-c2ccc(C(=O)N3CCCCC3)cc2)n(Cc2ccc(C)cc2C)c1=O. The lowest BCUT2D eigenvalue weighted by Gasteiger charge is -2.26. The van der Waals surface area contributed by atoms with Crippen LogP contribution >= 0.6 is 0 Å². The number of aryl methyl sites for hydroxylation is 2. The minimum atomic E-state index is -4.86. The Bertz CT molecular complexity index is 1390. The average molecular weight is 494 g/mol. The maximum atomic E-state index is 13.8. The second kappa shape index (κ2) is 10.0. The standard InChI is InChI=1S/C28H26F3N3O2/c1-18-7-8-22(19(2)15-18)17-34-24(16-23(28(29,30)31)25(32-3)27(34)36)20-9-11-21(12-10-20)26(35)33-13-5-4-6-14-33/h7-12,15-16H,4-6,13-14,17H2,1-2H3. The molecule has 1 aliphatic heterocycles. The second-order valence-corrected chi connectivity index (χ2v) is 9.15. The molecule has 0 bridgehead atoms. The van der Waals surface area contributed by atoms with Crippen LogP contribution < -0.4 is 5.56 Å². The third-order valence-corrected chi connectivity index (χ3v) is 6.59. The molecule has 186 valence electrons. The molecule has 0 spiro atoms. The number of amides is 1. The maximum absolute atomic E-state index is 13.8. The van der Waals surface area contributed by atoms with Gasteiger partial charge in [0.15, 0.2) is 0 Å². The van der Waals surface area contributed by atoms with E-state index in [4.69, 9.17) is 6.57 Å². The molecule has 0 atom stereocenters. The van der Waals surface area contributed by atoms with Gasteiger partial charge in [-0.2, -0.15) is 13.2 Å². The number of benzene rings is 2. The third kappa shape index (κ3) is 5.06. The Labute approximate surface area is 207 Å². The lowest BCUT2D eigenvalue weighted by Crippen LogP contribution is -2.35. The molecule has 2 heterocycles. The Morgan fingerprint density at radius 1 is 1.00 bits per heavy atom. The van der Waals surface area contributed by atoms with Gasteiger partial charge >= 0.3 is 6.18 Å². The molecule has 1 aliphatic rings. The number of carbonyl (C=O) groups excluding carboxylic acids is 1. The zero-order chi connectivity index (χ0) is 26.0. The predicted octanol–water partition coefficient (Wildman–Crippen LogP) is 6.38. The first-order valence-corrected chi connectivity index (χ1v) is 11.8. The van der Waals surface area contributed by atoms with E-state index < -0.39 is 23.0 Å². The van der Waals surface area contributed by atoms with Gasteiger partial charge in [0.1, 0.15) is 0 Å². The van der Waals surface area contributed by atoms with Gasteiger partial charge in [-0.3, -0.25) is 9.59 Å². The van der Waals surface area contributed by atoms with Crippen LogP contribution in [0.15, 0.2) is 53.3 Å². The van der Waals surface area contributed by atoms with Crippen molar-refractivity contribution < 1.29 is 18.0 Å². The summed E-state index contributed by atoms with van der Waals surface area (Å²) in [4.78, 5) is 30.8. The highest BCUT2D eigenvalue weighted by atomic mass is 19.4. The number of aromatic nitrogens is 1. The van der Waals surface area contributed by atoms with Crippen molar-refractivity contribution in [3.63, 3.8) is 0 Å². The molecule has 0 saturated carbocycles. The molecule has 2 aromatic carbocycles. The summed E-state index contributed by atoms with van der Waals surface area (Å²) in [5, 5.41) is 0. The number of pyridine rings is 1. The van der Waals surface area contributed by atoms with Crippen molar-refractivity contribution in [1.29, 1.82) is 0 Å². The van der Waals surface area contributed by atoms with Gasteiger partial charge in [-0.05, 0) is 68.0 Å². The van der Waals surface area contributed by atoms with E-state index in [0.29, 0.717) is 24.2 Å². The molecule has 5 nitrogen and oxygen atoms in total. The first-order chi connectivity index (χ1) is 17.1. The van der Waals surface area contributed by atoms with Gasteiger partial charge in [-0.25, -0.2) is 4.85 Å². The van der Waals surface area contributed by atoms with Crippen LogP contribution in [0, 0.1) is 20.4 Å². The van der Waals surface area contributed by atoms with E-state index in [2.05, 4.69) is 4.85 Å². The topological polar surface area (TPSA) is 46.7 Å². The van der Waals surface area contributed by atoms with Crippen molar-refractivity contribution >= 4 is 11.6 Å². The first-order valence-electron chi connectivity index (χ1n) is 11.8. The fraction of sp³-hybridized carbons (Fsp3) is 0.321. The molecule has 0 radical (unpaired) electrons. The van der Waals surface area contributed by atoms with E-state index in [1.807, 2.05) is 32.0 Å². The Morgan fingerprint density at radius 2 is 1.67 bits per heavy atom. The highest BCUT2D eigenvalue weighted by Gasteiger charge is 2.36. The van der Waals surface area contributed by atoms with Crippen molar-refractivity contribution in [3.05, 3.63) is 98.1 Å². The monoisotopic (exact) mass is 493 g/mol. The summed E-state index contributed by atoms with van der Waals surface area (Å²) < 4.78 is 42.6. The second-order valence-electron chi connectivity index (χ2n) is 9.15. The number of piperidine rings is 1. The summed E-state index contributed by atoms with van der Waals surface area (Å²) in [6, 6.07) is 12.8. The van der Waals surface area contributed by atoms with Crippen LogP contribution in [0.5, 0.6) is 0 Å². The molecule has 4 rings (SSSR count). The van der Waals surface area contributed by atoms with E-state index >= 15 is 0 Å². The van der Waals surface area contributed by atoms with Gasteiger partial charge in [0.2, 0.25) is 0 Å². The van der Waals surface area contributed by atoms with Gasteiger partial charge in [0, 0.05) is 24.3 Å². The molecule has 3 aromatic rings. The zero-order valence-corrected chi connectivity index (χ0v) is 20.2. The highest BCUT2D eigenvalue weighted by Crippen LogP contribution is 2.37. The van der Waals surface area contributed by atoms with Crippen LogP contribution in [0.4, 0.5) is 18.9 Å². The van der Waals surface area contributed by atoms with E-state index in [9.17, 15) is 22.8 Å². The summed E-state index contributed by atoms with van der Waals surface area (Å²) in [5.41, 5.74) is 0.297. The van der Waals surface area contributed by atoms with Crippen LogP contribution in [-0.2, 0) is 12.7 Å².